The molecule has 2 aliphatic rings. The van der Waals surface area contributed by atoms with Gasteiger partial charge in [0.1, 0.15) is 11.4 Å². The Labute approximate surface area is 211 Å². The fourth-order valence-corrected chi connectivity index (χ4v) is 4.77. The summed E-state index contributed by atoms with van der Waals surface area (Å²) in [5.41, 5.74) is 1.99. The Morgan fingerprint density at radius 1 is 0.917 bits per heavy atom. The third kappa shape index (κ3) is 5.93. The van der Waals surface area contributed by atoms with Crippen LogP contribution < -0.4 is 9.64 Å². The summed E-state index contributed by atoms with van der Waals surface area (Å²) in [7, 11) is 1.65. The van der Waals surface area contributed by atoms with Crippen LogP contribution in [0.4, 0.5) is 11.4 Å². The number of rotatable bonds is 7. The molecule has 0 aromatic heterocycles. The van der Waals surface area contributed by atoms with Gasteiger partial charge in [-0.25, -0.2) is 0 Å². The number of hydrogen-bond donors (Lipinski definition) is 0. The number of nitro benzene ring substituents is 1. The molecule has 0 aliphatic carbocycles. The third-order valence-corrected chi connectivity index (χ3v) is 7.02. The van der Waals surface area contributed by atoms with Gasteiger partial charge in [0.15, 0.2) is 0 Å². The van der Waals surface area contributed by atoms with Crippen LogP contribution in [0.25, 0.3) is 0 Å². The van der Waals surface area contributed by atoms with Crippen LogP contribution in [0.1, 0.15) is 22.8 Å². The van der Waals surface area contributed by atoms with E-state index in [1.165, 1.54) is 18.6 Å². The van der Waals surface area contributed by atoms with Crippen molar-refractivity contribution in [3.8, 4) is 5.75 Å². The zero-order valence-electron chi connectivity index (χ0n) is 20.9. The molecule has 2 aromatic rings. The molecular weight excluding hydrogens is 462 g/mol. The smallest absolute Gasteiger partial charge is 0.293 e. The molecule has 10 nitrogen and oxygen atoms in total. The van der Waals surface area contributed by atoms with Gasteiger partial charge in [0.05, 0.1) is 12.0 Å². The Morgan fingerprint density at radius 2 is 1.56 bits per heavy atom. The maximum atomic E-state index is 13.1. The van der Waals surface area contributed by atoms with E-state index in [1.807, 2.05) is 17.0 Å². The first-order valence-electron chi connectivity index (χ1n) is 12.3. The lowest BCUT2D eigenvalue weighted by molar-refractivity contribution is -0.384. The van der Waals surface area contributed by atoms with E-state index in [0.717, 1.165) is 31.8 Å². The minimum absolute atomic E-state index is 0.00548. The van der Waals surface area contributed by atoms with Crippen LogP contribution in [0.3, 0.4) is 0 Å². The van der Waals surface area contributed by atoms with Crippen LogP contribution in [0, 0.1) is 10.1 Å². The number of hydrogen-bond acceptors (Lipinski definition) is 7. The highest BCUT2D eigenvalue weighted by Gasteiger charge is 2.28. The minimum Gasteiger partial charge on any atom is -0.497 e. The number of nitrogens with zero attached hydrogens (tertiary/aromatic N) is 5. The number of amides is 2. The van der Waals surface area contributed by atoms with Gasteiger partial charge in [0.2, 0.25) is 5.91 Å². The summed E-state index contributed by atoms with van der Waals surface area (Å²) in [6, 6.07) is 12.8. The number of methoxy groups -OCH3 is 1. The molecule has 0 atom stereocenters. The lowest BCUT2D eigenvalue weighted by atomic mass is 10.1. The summed E-state index contributed by atoms with van der Waals surface area (Å²) in [6.07, 6.45) is 0.923. The molecule has 2 saturated heterocycles. The molecule has 2 fully saturated rings. The van der Waals surface area contributed by atoms with Crippen molar-refractivity contribution >= 4 is 23.2 Å². The fourth-order valence-electron chi connectivity index (χ4n) is 4.77. The number of ether oxygens (including phenoxy) is 1. The molecule has 2 aliphatic heterocycles. The fraction of sp³-hybridized carbons (Fsp3) is 0.462. The van der Waals surface area contributed by atoms with E-state index in [4.69, 9.17) is 4.74 Å². The highest BCUT2D eigenvalue weighted by molar-refractivity contribution is 5.96. The quantitative estimate of drug-likeness (QED) is 0.429. The van der Waals surface area contributed by atoms with Crippen molar-refractivity contribution < 1.29 is 19.2 Å². The second-order valence-electron chi connectivity index (χ2n) is 9.19. The standard InChI is InChI=1S/C26H33N5O5/c1-20(32)28-15-17-29(18-16-28)24-8-5-22(19-25(24)31(34)35)26(33)30-13-11-27(12-14-30)10-9-21-3-6-23(36-2)7-4-21/h3-8,19H,9-18H2,1-2H3. The molecule has 10 heteroatoms. The van der Waals surface area contributed by atoms with E-state index in [1.54, 1.807) is 29.0 Å². The lowest BCUT2D eigenvalue weighted by Crippen LogP contribution is -2.49. The summed E-state index contributed by atoms with van der Waals surface area (Å²) in [5, 5.41) is 11.8. The maximum Gasteiger partial charge on any atom is 0.293 e. The zero-order chi connectivity index (χ0) is 25.7. The SMILES string of the molecule is COc1ccc(CCN2CCN(C(=O)c3ccc(N4CCN(C(C)=O)CC4)c([N+](=O)[O-])c3)CC2)cc1. The lowest BCUT2D eigenvalue weighted by Gasteiger charge is -2.36. The minimum atomic E-state index is -0.430. The van der Waals surface area contributed by atoms with Crippen LogP contribution in [0.5, 0.6) is 5.75 Å². The van der Waals surface area contributed by atoms with Crippen molar-refractivity contribution in [2.45, 2.75) is 13.3 Å². The van der Waals surface area contributed by atoms with Crippen LogP contribution in [-0.2, 0) is 11.2 Å². The Kier molecular flexibility index (Phi) is 8.04. The maximum absolute atomic E-state index is 13.1. The number of carbonyl (C=O) groups excluding carboxylic acids is 2. The third-order valence-electron chi connectivity index (χ3n) is 7.02. The average molecular weight is 496 g/mol. The van der Waals surface area contributed by atoms with Gasteiger partial charge in [-0.2, -0.15) is 0 Å². The van der Waals surface area contributed by atoms with Crippen molar-refractivity contribution in [1.29, 1.82) is 0 Å². The normalized spacial score (nSPS) is 16.7. The number of nitro groups is 1. The Morgan fingerprint density at radius 3 is 2.14 bits per heavy atom. The summed E-state index contributed by atoms with van der Waals surface area (Å²) >= 11 is 0. The Bertz CT molecular complexity index is 1090. The topological polar surface area (TPSA) is 99.5 Å². The highest BCUT2D eigenvalue weighted by atomic mass is 16.6. The van der Waals surface area contributed by atoms with Crippen molar-refractivity contribution in [3.05, 3.63) is 63.7 Å². The van der Waals surface area contributed by atoms with Crippen LogP contribution in [0.15, 0.2) is 42.5 Å². The molecule has 36 heavy (non-hydrogen) atoms. The predicted molar refractivity (Wildman–Crippen MR) is 137 cm³/mol. The Hall–Kier alpha value is -3.66. The van der Waals surface area contributed by atoms with E-state index in [0.29, 0.717) is 50.5 Å². The van der Waals surface area contributed by atoms with Crippen molar-refractivity contribution in [2.24, 2.45) is 0 Å². The van der Waals surface area contributed by atoms with Gasteiger partial charge < -0.3 is 19.4 Å². The van der Waals surface area contributed by atoms with Crippen LogP contribution >= 0.6 is 0 Å². The average Bonchev–Trinajstić information content (AvgIpc) is 2.91. The molecule has 2 amide bonds. The summed E-state index contributed by atoms with van der Waals surface area (Å²) < 4.78 is 5.20. The zero-order valence-corrected chi connectivity index (χ0v) is 20.9. The molecular formula is C26H33N5O5. The molecule has 0 spiro atoms. The molecule has 2 heterocycles. The number of carbonyl (C=O) groups is 2. The van der Waals surface area contributed by atoms with Gasteiger partial charge in [0, 0.05) is 77.5 Å². The predicted octanol–water partition coefficient (Wildman–Crippen LogP) is 2.27. The number of piperazine rings is 2. The van der Waals surface area contributed by atoms with Crippen LogP contribution in [-0.4, -0.2) is 97.5 Å². The molecule has 0 N–H and O–H groups in total. The van der Waals surface area contributed by atoms with Crippen molar-refractivity contribution in [1.82, 2.24) is 14.7 Å². The first-order valence-corrected chi connectivity index (χ1v) is 12.3. The van der Waals surface area contributed by atoms with E-state index in [9.17, 15) is 19.7 Å². The number of anilines is 1. The molecule has 0 radical (unpaired) electrons. The van der Waals surface area contributed by atoms with Gasteiger partial charge in [-0.3, -0.25) is 24.6 Å². The second-order valence-corrected chi connectivity index (χ2v) is 9.19. The van der Waals surface area contributed by atoms with Crippen molar-refractivity contribution in [2.75, 3.05) is 70.9 Å². The summed E-state index contributed by atoms with van der Waals surface area (Å²) in [4.78, 5) is 43.9. The first-order chi connectivity index (χ1) is 17.4. The molecule has 0 bridgehead atoms. The monoisotopic (exact) mass is 495 g/mol. The molecule has 2 aromatic carbocycles. The van der Waals surface area contributed by atoms with Gasteiger partial charge in [-0.15, -0.1) is 0 Å². The van der Waals surface area contributed by atoms with E-state index < -0.39 is 4.92 Å². The van der Waals surface area contributed by atoms with Crippen molar-refractivity contribution in [3.63, 3.8) is 0 Å². The first kappa shape index (κ1) is 25.4. The highest BCUT2D eigenvalue weighted by Crippen LogP contribution is 2.30. The second kappa shape index (κ2) is 11.4. The molecule has 0 unspecified atom stereocenters. The van der Waals surface area contributed by atoms with E-state index in [-0.39, 0.29) is 17.5 Å². The summed E-state index contributed by atoms with van der Waals surface area (Å²) in [6.45, 7) is 7.23. The van der Waals surface area contributed by atoms with Gasteiger partial charge in [0.25, 0.3) is 11.6 Å². The van der Waals surface area contributed by atoms with Gasteiger partial charge >= 0.3 is 0 Å². The van der Waals surface area contributed by atoms with Crippen LogP contribution in [0.2, 0.25) is 0 Å². The molecule has 4 rings (SSSR count). The Balaban J connectivity index is 1.34. The largest absolute Gasteiger partial charge is 0.497 e. The van der Waals surface area contributed by atoms with Gasteiger partial charge in [-0.05, 0) is 36.2 Å². The number of benzene rings is 2. The van der Waals surface area contributed by atoms with Gasteiger partial charge in [-0.1, -0.05) is 12.1 Å². The summed E-state index contributed by atoms with van der Waals surface area (Å²) in [5.74, 6) is 0.668. The van der Waals surface area contributed by atoms with E-state index in [2.05, 4.69) is 17.0 Å². The molecule has 0 saturated carbocycles. The van der Waals surface area contributed by atoms with E-state index >= 15 is 0 Å². The molecule has 192 valence electrons.